The van der Waals surface area contributed by atoms with Gasteiger partial charge in [-0.05, 0) is 24.6 Å². The standard InChI is InChI=1S/C13H14N2O2/c1-9-3-4-10(7-12(9)16-2)17-11-5-6-15-13(14)8-11/h3-8H,1-2H3,(H2,14,15). The van der Waals surface area contributed by atoms with Crippen molar-refractivity contribution in [2.75, 3.05) is 12.8 Å². The first-order chi connectivity index (χ1) is 8.19. The number of nitrogens with zero attached hydrogens (tertiary/aromatic N) is 1. The van der Waals surface area contributed by atoms with Crippen LogP contribution in [-0.2, 0) is 0 Å². The second-order valence-electron chi connectivity index (χ2n) is 3.65. The van der Waals surface area contributed by atoms with Crippen molar-refractivity contribution in [2.45, 2.75) is 6.92 Å². The van der Waals surface area contributed by atoms with E-state index >= 15 is 0 Å². The molecule has 2 N–H and O–H groups in total. The Kier molecular flexibility index (Phi) is 3.14. The molecule has 0 radical (unpaired) electrons. The third-order valence-corrected chi connectivity index (χ3v) is 2.37. The maximum Gasteiger partial charge on any atom is 0.132 e. The SMILES string of the molecule is COc1cc(Oc2ccnc(N)c2)ccc1C. The molecule has 0 atom stereocenters. The van der Waals surface area contributed by atoms with Crippen molar-refractivity contribution in [1.29, 1.82) is 0 Å². The average molecular weight is 230 g/mol. The molecule has 4 heteroatoms. The Hall–Kier alpha value is -2.23. The van der Waals surface area contributed by atoms with Crippen molar-refractivity contribution in [1.82, 2.24) is 4.98 Å². The highest BCUT2D eigenvalue weighted by atomic mass is 16.5. The maximum atomic E-state index is 5.66. The van der Waals surface area contributed by atoms with Crippen molar-refractivity contribution >= 4 is 5.82 Å². The average Bonchev–Trinajstić information content (AvgIpc) is 2.32. The molecule has 2 rings (SSSR count). The lowest BCUT2D eigenvalue weighted by atomic mass is 10.2. The second kappa shape index (κ2) is 4.74. The molecular weight excluding hydrogens is 216 g/mol. The molecule has 1 heterocycles. The second-order valence-corrected chi connectivity index (χ2v) is 3.65. The summed E-state index contributed by atoms with van der Waals surface area (Å²) in [6.45, 7) is 1.98. The minimum Gasteiger partial charge on any atom is -0.496 e. The summed E-state index contributed by atoms with van der Waals surface area (Å²) in [4.78, 5) is 3.90. The first-order valence-electron chi connectivity index (χ1n) is 5.23. The highest BCUT2D eigenvalue weighted by Gasteiger charge is 2.02. The van der Waals surface area contributed by atoms with E-state index < -0.39 is 0 Å². The van der Waals surface area contributed by atoms with Crippen LogP contribution in [0.15, 0.2) is 36.5 Å². The van der Waals surface area contributed by atoms with Crippen LogP contribution in [0, 0.1) is 6.92 Å². The van der Waals surface area contributed by atoms with E-state index in [2.05, 4.69) is 4.98 Å². The van der Waals surface area contributed by atoms with Crippen LogP contribution in [-0.4, -0.2) is 12.1 Å². The van der Waals surface area contributed by atoms with Crippen LogP contribution < -0.4 is 15.2 Å². The van der Waals surface area contributed by atoms with E-state index in [-0.39, 0.29) is 0 Å². The van der Waals surface area contributed by atoms with Crippen molar-refractivity contribution < 1.29 is 9.47 Å². The highest BCUT2D eigenvalue weighted by molar-refractivity contribution is 5.43. The first kappa shape index (κ1) is 11.3. The molecule has 0 bridgehead atoms. The van der Waals surface area contributed by atoms with E-state index in [1.54, 1.807) is 25.4 Å². The van der Waals surface area contributed by atoms with Crippen LogP contribution in [0.2, 0.25) is 0 Å². The Morgan fingerprint density at radius 3 is 2.59 bits per heavy atom. The minimum absolute atomic E-state index is 0.432. The summed E-state index contributed by atoms with van der Waals surface area (Å²) >= 11 is 0. The van der Waals surface area contributed by atoms with Gasteiger partial charge in [-0.2, -0.15) is 0 Å². The molecule has 4 nitrogen and oxygen atoms in total. The Balaban J connectivity index is 2.24. The molecule has 2 aromatic rings. The van der Waals surface area contributed by atoms with Gasteiger partial charge in [-0.3, -0.25) is 0 Å². The third kappa shape index (κ3) is 2.66. The zero-order valence-corrected chi connectivity index (χ0v) is 9.81. The van der Waals surface area contributed by atoms with Crippen molar-refractivity contribution in [3.05, 3.63) is 42.1 Å². The minimum atomic E-state index is 0.432. The summed E-state index contributed by atoms with van der Waals surface area (Å²) < 4.78 is 10.9. The van der Waals surface area contributed by atoms with Crippen LogP contribution in [0.25, 0.3) is 0 Å². The summed E-state index contributed by atoms with van der Waals surface area (Å²) in [5.41, 5.74) is 6.64. The number of ether oxygens (including phenoxy) is 2. The van der Waals surface area contributed by atoms with Gasteiger partial charge >= 0.3 is 0 Å². The van der Waals surface area contributed by atoms with Crippen molar-refractivity contribution in [3.63, 3.8) is 0 Å². The molecule has 0 saturated heterocycles. The number of aryl methyl sites for hydroxylation is 1. The van der Waals surface area contributed by atoms with Crippen LogP contribution in [0.4, 0.5) is 5.82 Å². The zero-order valence-electron chi connectivity index (χ0n) is 9.81. The topological polar surface area (TPSA) is 57.4 Å². The Morgan fingerprint density at radius 2 is 1.88 bits per heavy atom. The van der Waals surface area contributed by atoms with Gasteiger partial charge in [0.25, 0.3) is 0 Å². The predicted octanol–water partition coefficient (Wildman–Crippen LogP) is 2.77. The number of benzene rings is 1. The summed E-state index contributed by atoms with van der Waals surface area (Å²) in [5.74, 6) is 2.59. The molecule has 0 amide bonds. The van der Waals surface area contributed by atoms with E-state index in [1.165, 1.54) is 0 Å². The van der Waals surface area contributed by atoms with Crippen LogP contribution in [0.3, 0.4) is 0 Å². The number of hydrogen-bond donors (Lipinski definition) is 1. The van der Waals surface area contributed by atoms with Gasteiger partial charge < -0.3 is 15.2 Å². The van der Waals surface area contributed by atoms with Gasteiger partial charge in [0.15, 0.2) is 0 Å². The van der Waals surface area contributed by atoms with Gasteiger partial charge in [-0.15, -0.1) is 0 Å². The molecule has 0 aliphatic carbocycles. The predicted molar refractivity (Wildman–Crippen MR) is 66.5 cm³/mol. The van der Waals surface area contributed by atoms with Gasteiger partial charge in [0, 0.05) is 18.3 Å². The number of aromatic nitrogens is 1. The maximum absolute atomic E-state index is 5.66. The molecule has 0 aliphatic heterocycles. The highest BCUT2D eigenvalue weighted by Crippen LogP contribution is 2.28. The van der Waals surface area contributed by atoms with Crippen molar-refractivity contribution in [3.8, 4) is 17.2 Å². The summed E-state index contributed by atoms with van der Waals surface area (Å²) in [7, 11) is 1.64. The molecule has 88 valence electrons. The fourth-order valence-corrected chi connectivity index (χ4v) is 1.49. The third-order valence-electron chi connectivity index (χ3n) is 2.37. The molecule has 0 unspecified atom stereocenters. The number of rotatable bonds is 3. The normalized spacial score (nSPS) is 10.0. The first-order valence-corrected chi connectivity index (χ1v) is 5.23. The largest absolute Gasteiger partial charge is 0.496 e. The zero-order chi connectivity index (χ0) is 12.3. The van der Waals surface area contributed by atoms with Gasteiger partial charge in [0.05, 0.1) is 7.11 Å². The van der Waals surface area contributed by atoms with E-state index in [0.29, 0.717) is 17.3 Å². The van der Waals surface area contributed by atoms with Gasteiger partial charge in [-0.1, -0.05) is 6.07 Å². The fraction of sp³-hybridized carbons (Fsp3) is 0.154. The lowest BCUT2D eigenvalue weighted by Crippen LogP contribution is -1.92. The van der Waals surface area contributed by atoms with Crippen LogP contribution in [0.5, 0.6) is 17.2 Å². The lowest BCUT2D eigenvalue weighted by Gasteiger charge is -2.09. The molecule has 0 aliphatic rings. The van der Waals surface area contributed by atoms with E-state index in [0.717, 1.165) is 11.3 Å². The number of pyridine rings is 1. The molecule has 0 spiro atoms. The van der Waals surface area contributed by atoms with E-state index in [9.17, 15) is 0 Å². The number of nitrogen functional groups attached to an aromatic ring is 1. The Bertz CT molecular complexity index is 527. The number of hydrogen-bond acceptors (Lipinski definition) is 4. The van der Waals surface area contributed by atoms with E-state index in [4.69, 9.17) is 15.2 Å². The van der Waals surface area contributed by atoms with Gasteiger partial charge in [0.1, 0.15) is 23.1 Å². The van der Waals surface area contributed by atoms with Crippen molar-refractivity contribution in [2.24, 2.45) is 0 Å². The number of anilines is 1. The Labute approximate surface area is 100 Å². The molecule has 1 aromatic carbocycles. The fourth-order valence-electron chi connectivity index (χ4n) is 1.49. The monoisotopic (exact) mass is 230 g/mol. The van der Waals surface area contributed by atoms with Crippen LogP contribution in [0.1, 0.15) is 5.56 Å². The summed E-state index contributed by atoms with van der Waals surface area (Å²) in [6.07, 6.45) is 1.61. The molecule has 0 saturated carbocycles. The van der Waals surface area contributed by atoms with Gasteiger partial charge in [0.2, 0.25) is 0 Å². The molecule has 0 fully saturated rings. The molecule has 17 heavy (non-hydrogen) atoms. The summed E-state index contributed by atoms with van der Waals surface area (Å²) in [5, 5.41) is 0. The summed E-state index contributed by atoms with van der Waals surface area (Å²) in [6, 6.07) is 9.09. The number of methoxy groups -OCH3 is 1. The molecular formula is C13H14N2O2. The van der Waals surface area contributed by atoms with E-state index in [1.807, 2.05) is 25.1 Å². The van der Waals surface area contributed by atoms with Gasteiger partial charge in [-0.25, -0.2) is 4.98 Å². The Morgan fingerprint density at radius 1 is 1.12 bits per heavy atom. The van der Waals surface area contributed by atoms with Crippen LogP contribution >= 0.6 is 0 Å². The molecule has 1 aromatic heterocycles. The smallest absolute Gasteiger partial charge is 0.132 e. The lowest BCUT2D eigenvalue weighted by molar-refractivity contribution is 0.406. The number of nitrogens with two attached hydrogens (primary N) is 1. The quantitative estimate of drug-likeness (QED) is 0.880.